The molecule has 1 aromatic heterocycles. The molecule has 29 heavy (non-hydrogen) atoms. The van der Waals surface area contributed by atoms with Crippen molar-refractivity contribution in [2.24, 2.45) is 4.99 Å². The maximum atomic E-state index is 12.5. The molecule has 1 aliphatic heterocycles. The van der Waals surface area contributed by atoms with Crippen LogP contribution >= 0.6 is 11.8 Å². The van der Waals surface area contributed by atoms with Gasteiger partial charge in [-0.3, -0.25) is 19.5 Å². The number of likely N-dealkylation sites (N-methyl/N-ethyl adjacent to an activating group) is 1. The highest BCUT2D eigenvalue weighted by molar-refractivity contribution is 8.18. The summed E-state index contributed by atoms with van der Waals surface area (Å²) in [5.74, 6) is -0.183. The summed E-state index contributed by atoms with van der Waals surface area (Å²) in [5, 5.41) is 4.57. The van der Waals surface area contributed by atoms with Gasteiger partial charge in [0.15, 0.2) is 5.17 Å². The van der Waals surface area contributed by atoms with E-state index in [1.165, 1.54) is 11.8 Å². The van der Waals surface area contributed by atoms with Crippen molar-refractivity contribution in [3.05, 3.63) is 71.3 Å². The summed E-state index contributed by atoms with van der Waals surface area (Å²) in [6.07, 6.45) is 3.78. The first-order valence-corrected chi connectivity index (χ1v) is 9.95. The molecular formula is C22H20N4O2S. The molecule has 0 saturated carbocycles. The van der Waals surface area contributed by atoms with E-state index in [0.29, 0.717) is 10.1 Å². The Hall–Kier alpha value is -3.32. The summed E-state index contributed by atoms with van der Waals surface area (Å²) < 4.78 is 1.91. The molecule has 1 saturated heterocycles. The van der Waals surface area contributed by atoms with Crippen LogP contribution in [0.1, 0.15) is 5.56 Å². The molecule has 146 valence electrons. The Morgan fingerprint density at radius 2 is 1.86 bits per heavy atom. The van der Waals surface area contributed by atoms with Gasteiger partial charge in [0.05, 0.1) is 4.91 Å². The number of amides is 2. The van der Waals surface area contributed by atoms with Crippen LogP contribution in [0.5, 0.6) is 0 Å². The quantitative estimate of drug-likeness (QED) is 0.673. The van der Waals surface area contributed by atoms with Crippen molar-refractivity contribution < 1.29 is 9.59 Å². The molecular weight excluding hydrogens is 384 g/mol. The van der Waals surface area contributed by atoms with Crippen LogP contribution < -0.4 is 5.32 Å². The van der Waals surface area contributed by atoms with Crippen LogP contribution in [0.25, 0.3) is 17.0 Å². The summed E-state index contributed by atoms with van der Waals surface area (Å²) in [6, 6.07) is 17.2. The number of benzene rings is 2. The van der Waals surface area contributed by atoms with Crippen molar-refractivity contribution in [3.63, 3.8) is 0 Å². The fourth-order valence-corrected chi connectivity index (χ4v) is 4.21. The van der Waals surface area contributed by atoms with E-state index in [4.69, 9.17) is 0 Å². The average molecular weight is 404 g/mol. The van der Waals surface area contributed by atoms with Crippen molar-refractivity contribution in [3.8, 4) is 0 Å². The SMILES string of the molecule is CN=C1SC(=Cc2cn(CC(=O)Nc3ccccc3)c3ccccc23)C(=O)N1C. The Bertz CT molecular complexity index is 1150. The molecule has 2 amide bonds. The number of amidine groups is 1. The molecule has 1 fully saturated rings. The fourth-order valence-electron chi connectivity index (χ4n) is 3.29. The first-order valence-electron chi connectivity index (χ1n) is 9.14. The first-order chi connectivity index (χ1) is 14.1. The highest BCUT2D eigenvalue weighted by Gasteiger charge is 2.30. The Morgan fingerprint density at radius 3 is 2.59 bits per heavy atom. The Morgan fingerprint density at radius 1 is 1.14 bits per heavy atom. The van der Waals surface area contributed by atoms with Crippen LogP contribution in [0.3, 0.4) is 0 Å². The van der Waals surface area contributed by atoms with Crippen LogP contribution in [-0.4, -0.2) is 40.5 Å². The Balaban J connectivity index is 1.65. The van der Waals surface area contributed by atoms with Crippen LogP contribution in [0, 0.1) is 0 Å². The number of hydrogen-bond donors (Lipinski definition) is 1. The second-order valence-electron chi connectivity index (χ2n) is 6.62. The van der Waals surface area contributed by atoms with E-state index < -0.39 is 0 Å². The molecule has 0 atom stereocenters. The fraction of sp³-hybridized carbons (Fsp3) is 0.136. The molecule has 0 unspecified atom stereocenters. The number of aliphatic imine (C=N–C) groups is 1. The lowest BCUT2D eigenvalue weighted by Gasteiger charge is -2.07. The summed E-state index contributed by atoms with van der Waals surface area (Å²) in [4.78, 5) is 31.3. The van der Waals surface area contributed by atoms with Crippen LogP contribution in [0.15, 0.2) is 70.7 Å². The largest absolute Gasteiger partial charge is 0.337 e. The standard InChI is InChI=1S/C22H20N4O2S/c1-23-22-25(2)21(28)19(29-22)12-15-13-26(18-11-7-6-10-17(15)18)14-20(27)24-16-8-4-3-5-9-16/h3-13H,14H2,1-2H3,(H,24,27). The van der Waals surface area contributed by atoms with Crippen molar-refractivity contribution in [1.82, 2.24) is 9.47 Å². The van der Waals surface area contributed by atoms with E-state index in [1.54, 1.807) is 19.0 Å². The molecule has 6 nitrogen and oxygen atoms in total. The van der Waals surface area contributed by atoms with Crippen LogP contribution in [-0.2, 0) is 16.1 Å². The molecule has 0 bridgehead atoms. The minimum absolute atomic E-state index is 0.0748. The lowest BCUT2D eigenvalue weighted by Crippen LogP contribution is -2.23. The number of fused-ring (bicyclic) bond motifs is 1. The zero-order chi connectivity index (χ0) is 20.4. The van der Waals surface area contributed by atoms with Gasteiger partial charge < -0.3 is 9.88 Å². The number of nitrogens with one attached hydrogen (secondary N) is 1. The minimum Gasteiger partial charge on any atom is -0.337 e. The lowest BCUT2D eigenvalue weighted by atomic mass is 10.1. The van der Waals surface area contributed by atoms with E-state index >= 15 is 0 Å². The predicted octanol–water partition coefficient (Wildman–Crippen LogP) is 3.81. The number of carbonyl (C=O) groups is 2. The molecule has 4 rings (SSSR count). The number of thioether (sulfide) groups is 1. The summed E-state index contributed by atoms with van der Waals surface area (Å²) in [7, 11) is 3.39. The van der Waals surface area contributed by atoms with Crippen molar-refractivity contribution in [2.75, 3.05) is 19.4 Å². The third kappa shape index (κ3) is 3.82. The van der Waals surface area contributed by atoms with E-state index in [0.717, 1.165) is 22.2 Å². The first kappa shape index (κ1) is 19.0. The monoisotopic (exact) mass is 404 g/mol. The van der Waals surface area contributed by atoms with Gasteiger partial charge in [-0.15, -0.1) is 0 Å². The van der Waals surface area contributed by atoms with E-state index in [-0.39, 0.29) is 18.4 Å². The van der Waals surface area contributed by atoms with Gasteiger partial charge in [-0.1, -0.05) is 36.4 Å². The van der Waals surface area contributed by atoms with Crippen LogP contribution in [0.4, 0.5) is 5.69 Å². The van der Waals surface area contributed by atoms with Gasteiger partial charge in [0.25, 0.3) is 5.91 Å². The highest BCUT2D eigenvalue weighted by Crippen LogP contribution is 2.33. The van der Waals surface area contributed by atoms with Crippen molar-refractivity contribution >= 4 is 51.4 Å². The number of hydrogen-bond acceptors (Lipinski definition) is 4. The normalized spacial score (nSPS) is 16.9. The van der Waals surface area contributed by atoms with Gasteiger partial charge in [0.1, 0.15) is 6.54 Å². The van der Waals surface area contributed by atoms with Gasteiger partial charge in [-0.25, -0.2) is 0 Å². The molecule has 0 aliphatic carbocycles. The maximum Gasteiger partial charge on any atom is 0.266 e. The van der Waals surface area contributed by atoms with Gasteiger partial charge >= 0.3 is 0 Å². The minimum atomic E-state index is -0.109. The zero-order valence-electron chi connectivity index (χ0n) is 16.1. The Labute approximate surface area is 172 Å². The third-order valence-electron chi connectivity index (χ3n) is 4.67. The molecule has 3 aromatic rings. The van der Waals surface area contributed by atoms with E-state index in [1.807, 2.05) is 71.4 Å². The van der Waals surface area contributed by atoms with Gasteiger partial charge in [0.2, 0.25) is 5.91 Å². The number of aromatic nitrogens is 1. The molecule has 0 radical (unpaired) electrons. The molecule has 0 spiro atoms. The second kappa shape index (κ2) is 7.97. The molecule has 1 N–H and O–H groups in total. The molecule has 2 aromatic carbocycles. The van der Waals surface area contributed by atoms with Gasteiger partial charge in [0, 0.05) is 42.4 Å². The van der Waals surface area contributed by atoms with Crippen LogP contribution in [0.2, 0.25) is 0 Å². The van der Waals surface area contributed by atoms with Crippen molar-refractivity contribution in [1.29, 1.82) is 0 Å². The van der Waals surface area contributed by atoms with Gasteiger partial charge in [-0.05, 0) is 36.0 Å². The van der Waals surface area contributed by atoms with E-state index in [9.17, 15) is 9.59 Å². The second-order valence-corrected chi connectivity index (χ2v) is 7.63. The third-order valence-corrected chi connectivity index (χ3v) is 5.82. The smallest absolute Gasteiger partial charge is 0.266 e. The predicted molar refractivity (Wildman–Crippen MR) is 119 cm³/mol. The number of nitrogens with zero attached hydrogens (tertiary/aromatic N) is 3. The summed E-state index contributed by atoms with van der Waals surface area (Å²) in [5.41, 5.74) is 2.60. The molecule has 7 heteroatoms. The lowest BCUT2D eigenvalue weighted by molar-refractivity contribution is -0.121. The molecule has 2 heterocycles. The van der Waals surface area contributed by atoms with Crippen molar-refractivity contribution in [2.45, 2.75) is 6.54 Å². The zero-order valence-corrected chi connectivity index (χ0v) is 16.9. The highest BCUT2D eigenvalue weighted by atomic mass is 32.2. The number of para-hydroxylation sites is 2. The maximum absolute atomic E-state index is 12.5. The number of rotatable bonds is 4. The molecule has 1 aliphatic rings. The van der Waals surface area contributed by atoms with Gasteiger partial charge in [-0.2, -0.15) is 0 Å². The summed E-state index contributed by atoms with van der Waals surface area (Å²) >= 11 is 1.35. The Kier molecular flexibility index (Phi) is 5.22. The number of anilines is 1. The number of carbonyl (C=O) groups excluding carboxylic acids is 2. The topological polar surface area (TPSA) is 66.7 Å². The van der Waals surface area contributed by atoms with E-state index in [2.05, 4.69) is 10.3 Å². The summed E-state index contributed by atoms with van der Waals surface area (Å²) in [6.45, 7) is 0.182. The average Bonchev–Trinajstić information content (AvgIpc) is 3.21.